The van der Waals surface area contributed by atoms with E-state index in [1.807, 2.05) is 24.3 Å². The van der Waals surface area contributed by atoms with Crippen LogP contribution in [0.2, 0.25) is 0 Å². The van der Waals surface area contributed by atoms with Gasteiger partial charge in [-0.15, -0.1) is 0 Å². The van der Waals surface area contributed by atoms with Gasteiger partial charge < -0.3 is 24.1 Å². The van der Waals surface area contributed by atoms with Crippen molar-refractivity contribution in [1.82, 2.24) is 0 Å². The van der Waals surface area contributed by atoms with Gasteiger partial charge in [0, 0.05) is 12.0 Å². The van der Waals surface area contributed by atoms with Gasteiger partial charge in [-0.25, -0.2) is 0 Å². The smallest absolute Gasteiger partial charge is 0.307 e. The molecule has 0 aliphatic carbocycles. The fourth-order valence-corrected chi connectivity index (χ4v) is 3.10. The summed E-state index contributed by atoms with van der Waals surface area (Å²) in [5, 5.41) is 9.30. The number of ether oxygens (including phenoxy) is 4. The molecule has 25 heavy (non-hydrogen) atoms. The number of carbonyl (C=O) groups is 1. The summed E-state index contributed by atoms with van der Waals surface area (Å²) in [5.41, 5.74) is 2.21. The molecular formula is C19H18O6. The standard InChI is InChI=1S/C19H18O6/c20-18(21)10-12-9-16-17(24-8-7-23-16)11-14(12)13-3-1-4-15-19(13)25-6-2-5-22-15/h1,3-4,9,11H,2,5-8,10H2,(H,20,21). The Kier molecular flexibility index (Phi) is 4.09. The first kappa shape index (κ1) is 15.6. The maximum Gasteiger partial charge on any atom is 0.307 e. The highest BCUT2D eigenvalue weighted by atomic mass is 16.6. The second kappa shape index (κ2) is 6.55. The van der Waals surface area contributed by atoms with Crippen LogP contribution in [0.1, 0.15) is 12.0 Å². The molecule has 0 unspecified atom stereocenters. The van der Waals surface area contributed by atoms with E-state index in [0.717, 1.165) is 17.5 Å². The molecule has 4 rings (SSSR count). The van der Waals surface area contributed by atoms with Crippen LogP contribution in [0.15, 0.2) is 30.3 Å². The molecule has 0 saturated carbocycles. The molecule has 6 nitrogen and oxygen atoms in total. The van der Waals surface area contributed by atoms with E-state index in [0.29, 0.717) is 55.0 Å². The predicted molar refractivity (Wildman–Crippen MR) is 89.8 cm³/mol. The molecule has 2 aromatic carbocycles. The van der Waals surface area contributed by atoms with E-state index >= 15 is 0 Å². The van der Waals surface area contributed by atoms with Crippen LogP contribution in [-0.2, 0) is 11.2 Å². The highest BCUT2D eigenvalue weighted by molar-refractivity contribution is 5.82. The van der Waals surface area contributed by atoms with Gasteiger partial charge in [0.15, 0.2) is 23.0 Å². The normalized spacial score (nSPS) is 15.4. The molecule has 2 aliphatic heterocycles. The van der Waals surface area contributed by atoms with Crippen molar-refractivity contribution >= 4 is 5.97 Å². The highest BCUT2D eigenvalue weighted by Crippen LogP contribution is 2.44. The third-order valence-corrected chi connectivity index (χ3v) is 4.17. The number of benzene rings is 2. The van der Waals surface area contributed by atoms with Crippen molar-refractivity contribution in [3.05, 3.63) is 35.9 Å². The molecule has 0 saturated heterocycles. The van der Waals surface area contributed by atoms with Crippen molar-refractivity contribution in [3.63, 3.8) is 0 Å². The molecule has 2 aromatic rings. The fraction of sp³-hybridized carbons (Fsp3) is 0.316. The number of fused-ring (bicyclic) bond motifs is 2. The summed E-state index contributed by atoms with van der Waals surface area (Å²) in [4.78, 5) is 11.3. The SMILES string of the molecule is O=C(O)Cc1cc2c(cc1-c1cccc3c1OCCCO3)OCCO2. The Morgan fingerprint density at radius 2 is 1.60 bits per heavy atom. The van der Waals surface area contributed by atoms with Gasteiger partial charge in [0.05, 0.1) is 19.6 Å². The molecule has 0 atom stereocenters. The van der Waals surface area contributed by atoms with Crippen molar-refractivity contribution in [3.8, 4) is 34.1 Å². The number of carboxylic acids is 1. The first-order chi connectivity index (χ1) is 12.2. The number of hydrogen-bond acceptors (Lipinski definition) is 5. The lowest BCUT2D eigenvalue weighted by atomic mass is 9.95. The molecule has 0 radical (unpaired) electrons. The molecule has 2 aliphatic rings. The second-order valence-electron chi connectivity index (χ2n) is 5.91. The van der Waals surface area contributed by atoms with Crippen molar-refractivity contribution in [1.29, 1.82) is 0 Å². The van der Waals surface area contributed by atoms with Crippen LogP contribution in [0.3, 0.4) is 0 Å². The van der Waals surface area contributed by atoms with Gasteiger partial charge >= 0.3 is 5.97 Å². The Hall–Kier alpha value is -2.89. The first-order valence-corrected chi connectivity index (χ1v) is 8.25. The summed E-state index contributed by atoms with van der Waals surface area (Å²) < 4.78 is 22.9. The Bertz CT molecular complexity index is 814. The number of carboxylic acid groups (broad SMARTS) is 1. The molecule has 0 amide bonds. The van der Waals surface area contributed by atoms with Gasteiger partial charge in [-0.1, -0.05) is 12.1 Å². The first-order valence-electron chi connectivity index (χ1n) is 8.25. The van der Waals surface area contributed by atoms with E-state index < -0.39 is 5.97 Å². The van der Waals surface area contributed by atoms with E-state index in [4.69, 9.17) is 18.9 Å². The molecule has 1 N–H and O–H groups in total. The summed E-state index contributed by atoms with van der Waals surface area (Å²) in [6, 6.07) is 9.22. The number of para-hydroxylation sites is 1. The summed E-state index contributed by atoms with van der Waals surface area (Å²) in [6.45, 7) is 2.08. The minimum Gasteiger partial charge on any atom is -0.490 e. The lowest BCUT2D eigenvalue weighted by Gasteiger charge is -2.22. The Labute approximate surface area is 144 Å². The minimum atomic E-state index is -0.905. The van der Waals surface area contributed by atoms with Crippen molar-refractivity contribution in [2.24, 2.45) is 0 Å². The molecule has 0 spiro atoms. The van der Waals surface area contributed by atoms with Crippen molar-refractivity contribution in [2.45, 2.75) is 12.8 Å². The second-order valence-corrected chi connectivity index (χ2v) is 5.91. The number of hydrogen-bond donors (Lipinski definition) is 1. The molecule has 0 aromatic heterocycles. The average Bonchev–Trinajstić information content (AvgIpc) is 2.86. The molecule has 6 heteroatoms. The molecule has 2 heterocycles. The zero-order chi connectivity index (χ0) is 17.2. The van der Waals surface area contributed by atoms with Gasteiger partial charge in [0.2, 0.25) is 0 Å². The minimum absolute atomic E-state index is 0.115. The quantitative estimate of drug-likeness (QED) is 0.924. The average molecular weight is 342 g/mol. The van der Waals surface area contributed by atoms with Crippen LogP contribution >= 0.6 is 0 Å². The Morgan fingerprint density at radius 3 is 2.40 bits per heavy atom. The van der Waals surface area contributed by atoms with Gasteiger partial charge in [0.1, 0.15) is 13.2 Å². The molecule has 0 fully saturated rings. The zero-order valence-electron chi connectivity index (χ0n) is 13.6. The lowest BCUT2D eigenvalue weighted by molar-refractivity contribution is -0.136. The van der Waals surface area contributed by atoms with E-state index in [1.54, 1.807) is 6.07 Å². The highest BCUT2D eigenvalue weighted by Gasteiger charge is 2.22. The van der Waals surface area contributed by atoms with E-state index in [9.17, 15) is 9.90 Å². The summed E-state index contributed by atoms with van der Waals surface area (Å²) in [7, 11) is 0. The van der Waals surface area contributed by atoms with Gasteiger partial charge in [-0.3, -0.25) is 4.79 Å². The molecule has 130 valence electrons. The van der Waals surface area contributed by atoms with Gasteiger partial charge in [-0.2, -0.15) is 0 Å². The van der Waals surface area contributed by atoms with Crippen molar-refractivity contribution < 1.29 is 28.8 Å². The van der Waals surface area contributed by atoms with E-state index in [-0.39, 0.29) is 6.42 Å². The summed E-state index contributed by atoms with van der Waals surface area (Å²) >= 11 is 0. The molecule has 0 bridgehead atoms. The summed E-state index contributed by atoms with van der Waals surface area (Å²) in [6.07, 6.45) is 0.688. The Balaban J connectivity index is 1.88. The zero-order valence-corrected chi connectivity index (χ0v) is 13.6. The monoisotopic (exact) mass is 342 g/mol. The third kappa shape index (κ3) is 3.07. The van der Waals surface area contributed by atoms with Crippen LogP contribution in [-0.4, -0.2) is 37.5 Å². The largest absolute Gasteiger partial charge is 0.490 e. The number of aliphatic carboxylic acids is 1. The van der Waals surface area contributed by atoms with Crippen molar-refractivity contribution in [2.75, 3.05) is 26.4 Å². The summed E-state index contributed by atoms with van der Waals surface area (Å²) in [5.74, 6) is 1.60. The van der Waals surface area contributed by atoms with E-state index in [2.05, 4.69) is 0 Å². The maximum atomic E-state index is 11.3. The third-order valence-electron chi connectivity index (χ3n) is 4.17. The maximum absolute atomic E-state index is 11.3. The van der Waals surface area contributed by atoms with Gasteiger partial charge in [0.25, 0.3) is 0 Å². The van der Waals surface area contributed by atoms with E-state index in [1.165, 1.54) is 0 Å². The number of rotatable bonds is 3. The Morgan fingerprint density at radius 1 is 0.880 bits per heavy atom. The van der Waals surface area contributed by atoms with Crippen LogP contribution in [0.5, 0.6) is 23.0 Å². The topological polar surface area (TPSA) is 74.2 Å². The van der Waals surface area contributed by atoms with Crippen LogP contribution in [0.25, 0.3) is 11.1 Å². The lowest BCUT2D eigenvalue weighted by Crippen LogP contribution is -2.16. The molecular weight excluding hydrogens is 324 g/mol. The predicted octanol–water partition coefficient (Wildman–Crippen LogP) is 2.91. The van der Waals surface area contributed by atoms with Gasteiger partial charge in [-0.05, 0) is 29.3 Å². The van der Waals surface area contributed by atoms with Crippen LogP contribution in [0, 0.1) is 0 Å². The van der Waals surface area contributed by atoms with Crippen LogP contribution < -0.4 is 18.9 Å². The fourth-order valence-electron chi connectivity index (χ4n) is 3.10. The van der Waals surface area contributed by atoms with Crippen LogP contribution in [0.4, 0.5) is 0 Å².